The minimum Gasteiger partial charge on any atom is -0.508 e. The van der Waals surface area contributed by atoms with Gasteiger partial charge in [0.15, 0.2) is 0 Å². The quantitative estimate of drug-likeness (QED) is 0.322. The molecule has 0 bridgehead atoms. The number of amides is 2. The average Bonchev–Trinajstić information content (AvgIpc) is 2.66. The van der Waals surface area contributed by atoms with E-state index in [1.54, 1.807) is 19.1 Å². The van der Waals surface area contributed by atoms with Gasteiger partial charge >= 0.3 is 5.97 Å². The lowest BCUT2D eigenvalue weighted by Gasteiger charge is -2.19. The number of aryl methyl sites for hydroxylation is 2. The van der Waals surface area contributed by atoms with Crippen molar-refractivity contribution in [3.63, 3.8) is 0 Å². The number of nitrogens with two attached hydrogens (primary N) is 1. The molecule has 1 aromatic rings. The number of unbranched alkanes of at least 4 members (excludes halogenated alkanes) is 2. The fourth-order valence-electron chi connectivity index (χ4n) is 3.03. The van der Waals surface area contributed by atoms with Crippen LogP contribution in [0.5, 0.6) is 5.75 Å². The van der Waals surface area contributed by atoms with E-state index in [-0.39, 0.29) is 17.6 Å². The molecule has 1 aromatic carbocycles. The molecule has 8 heteroatoms. The molecule has 0 heterocycles. The summed E-state index contributed by atoms with van der Waals surface area (Å²) in [6.45, 7) is 5.79. The smallest absolute Gasteiger partial charge is 0.305 e. The highest BCUT2D eigenvalue weighted by Gasteiger charge is 2.21. The number of esters is 1. The van der Waals surface area contributed by atoms with Crippen LogP contribution in [0.2, 0.25) is 0 Å². The summed E-state index contributed by atoms with van der Waals surface area (Å²) in [5, 5.41) is 15.0. The van der Waals surface area contributed by atoms with Crippen molar-refractivity contribution < 1.29 is 24.2 Å². The average molecular weight is 408 g/mol. The maximum atomic E-state index is 12.3. The van der Waals surface area contributed by atoms with Crippen molar-refractivity contribution in [2.45, 2.75) is 65.0 Å². The lowest BCUT2D eigenvalue weighted by molar-refractivity contribution is -0.140. The monoisotopic (exact) mass is 407 g/mol. The fraction of sp³-hybridized carbons (Fsp3) is 0.571. The summed E-state index contributed by atoms with van der Waals surface area (Å²) in [5.74, 6) is -0.745. The second kappa shape index (κ2) is 12.1. The van der Waals surface area contributed by atoms with Gasteiger partial charge in [-0.3, -0.25) is 14.4 Å². The predicted octanol–water partition coefficient (Wildman–Crippen LogP) is 1.23. The standard InChI is InChI=1S/C21H33N3O5/c1-13-10-16(25)11-14(2)17(13)12-18(22)21(28)24-15(3)20(27)23-9-7-5-6-8-19(26)29-4/h10-11,15,18,25H,5-9,12,22H2,1-4H3,(H,23,27)(H,24,28)/t15-,18?/m1/s1. The number of nitrogens with one attached hydrogen (secondary N) is 2. The Morgan fingerprint density at radius 1 is 1.10 bits per heavy atom. The highest BCUT2D eigenvalue weighted by Crippen LogP contribution is 2.21. The number of phenolic OH excluding ortho intramolecular Hbond substituents is 1. The Hall–Kier alpha value is -2.61. The van der Waals surface area contributed by atoms with Crippen LogP contribution < -0.4 is 16.4 Å². The van der Waals surface area contributed by atoms with Crippen molar-refractivity contribution in [3.8, 4) is 5.75 Å². The Morgan fingerprint density at radius 2 is 1.72 bits per heavy atom. The molecule has 2 atom stereocenters. The molecule has 0 spiro atoms. The third-order valence-corrected chi connectivity index (χ3v) is 4.78. The van der Waals surface area contributed by atoms with Crippen molar-refractivity contribution in [2.75, 3.05) is 13.7 Å². The van der Waals surface area contributed by atoms with Crippen LogP contribution in [0.25, 0.3) is 0 Å². The molecule has 1 rings (SSSR count). The zero-order valence-corrected chi connectivity index (χ0v) is 17.7. The second-order valence-electron chi connectivity index (χ2n) is 7.28. The molecule has 2 amide bonds. The van der Waals surface area contributed by atoms with Gasteiger partial charge in [-0.05, 0) is 68.9 Å². The first-order valence-electron chi connectivity index (χ1n) is 9.85. The van der Waals surface area contributed by atoms with E-state index in [2.05, 4.69) is 15.4 Å². The second-order valence-corrected chi connectivity index (χ2v) is 7.28. The summed E-state index contributed by atoms with van der Waals surface area (Å²) in [4.78, 5) is 35.5. The molecular weight excluding hydrogens is 374 g/mol. The number of carbonyl (C=O) groups excluding carboxylic acids is 3. The van der Waals surface area contributed by atoms with Crippen LogP contribution in [-0.4, -0.2) is 48.6 Å². The van der Waals surface area contributed by atoms with Crippen molar-refractivity contribution in [1.82, 2.24) is 10.6 Å². The normalized spacial score (nSPS) is 12.7. The number of methoxy groups -OCH3 is 1. The van der Waals surface area contributed by atoms with Gasteiger partial charge in [-0.25, -0.2) is 0 Å². The molecule has 162 valence electrons. The molecule has 0 radical (unpaired) electrons. The van der Waals surface area contributed by atoms with Crippen molar-refractivity contribution in [3.05, 3.63) is 28.8 Å². The Balaban J connectivity index is 2.39. The maximum Gasteiger partial charge on any atom is 0.305 e. The molecule has 0 aliphatic heterocycles. The topological polar surface area (TPSA) is 131 Å². The van der Waals surface area contributed by atoms with Gasteiger partial charge in [-0.2, -0.15) is 0 Å². The first kappa shape index (κ1) is 24.4. The lowest BCUT2D eigenvalue weighted by atomic mass is 9.96. The van der Waals surface area contributed by atoms with Gasteiger partial charge in [-0.1, -0.05) is 6.42 Å². The van der Waals surface area contributed by atoms with Crippen LogP contribution in [0.1, 0.15) is 49.3 Å². The van der Waals surface area contributed by atoms with E-state index in [1.165, 1.54) is 7.11 Å². The van der Waals surface area contributed by atoms with E-state index in [1.807, 2.05) is 13.8 Å². The van der Waals surface area contributed by atoms with Crippen molar-refractivity contribution >= 4 is 17.8 Å². The fourth-order valence-corrected chi connectivity index (χ4v) is 3.03. The lowest BCUT2D eigenvalue weighted by Crippen LogP contribution is -2.51. The Kier molecular flexibility index (Phi) is 10.2. The number of aromatic hydroxyl groups is 1. The summed E-state index contributed by atoms with van der Waals surface area (Å²) >= 11 is 0. The Morgan fingerprint density at radius 3 is 2.31 bits per heavy atom. The first-order valence-corrected chi connectivity index (χ1v) is 9.85. The minimum absolute atomic E-state index is 0.178. The summed E-state index contributed by atoms with van der Waals surface area (Å²) < 4.78 is 4.57. The molecule has 1 unspecified atom stereocenters. The number of carbonyl (C=O) groups is 3. The van der Waals surface area contributed by atoms with Gasteiger partial charge in [-0.15, -0.1) is 0 Å². The van der Waals surface area contributed by atoms with Crippen molar-refractivity contribution in [2.24, 2.45) is 5.73 Å². The third-order valence-electron chi connectivity index (χ3n) is 4.78. The summed E-state index contributed by atoms with van der Waals surface area (Å²) in [7, 11) is 1.36. The van der Waals surface area contributed by atoms with Gasteiger partial charge in [0.05, 0.1) is 13.2 Å². The van der Waals surface area contributed by atoms with E-state index in [0.29, 0.717) is 25.8 Å². The molecule has 0 saturated heterocycles. The first-order chi connectivity index (χ1) is 13.6. The van der Waals surface area contributed by atoms with E-state index >= 15 is 0 Å². The molecule has 0 fully saturated rings. The van der Waals surface area contributed by atoms with Crippen LogP contribution >= 0.6 is 0 Å². The zero-order chi connectivity index (χ0) is 22.0. The summed E-state index contributed by atoms with van der Waals surface area (Å²) in [5.41, 5.74) is 8.66. The molecule has 0 aliphatic rings. The molecule has 8 nitrogen and oxygen atoms in total. The van der Waals surface area contributed by atoms with E-state index < -0.39 is 18.0 Å². The van der Waals surface area contributed by atoms with Gasteiger partial charge < -0.3 is 26.2 Å². The van der Waals surface area contributed by atoms with Crippen LogP contribution in [0.4, 0.5) is 0 Å². The third kappa shape index (κ3) is 8.51. The maximum absolute atomic E-state index is 12.3. The van der Waals surface area contributed by atoms with E-state index in [9.17, 15) is 19.5 Å². The highest BCUT2D eigenvalue weighted by molar-refractivity contribution is 5.89. The van der Waals surface area contributed by atoms with Gasteiger partial charge in [0.2, 0.25) is 11.8 Å². The number of phenols is 1. The largest absolute Gasteiger partial charge is 0.508 e. The number of ether oxygens (including phenoxy) is 1. The van der Waals surface area contributed by atoms with Gasteiger partial charge in [0.25, 0.3) is 0 Å². The summed E-state index contributed by atoms with van der Waals surface area (Å²) in [6.07, 6.45) is 2.93. The van der Waals surface area contributed by atoms with Crippen LogP contribution in [0.3, 0.4) is 0 Å². The molecule has 0 aromatic heterocycles. The minimum atomic E-state index is -0.800. The Labute approximate surface area is 172 Å². The number of hydrogen-bond donors (Lipinski definition) is 4. The number of hydrogen-bond acceptors (Lipinski definition) is 6. The number of benzene rings is 1. The van der Waals surface area contributed by atoms with Gasteiger partial charge in [0, 0.05) is 13.0 Å². The van der Waals surface area contributed by atoms with E-state index in [0.717, 1.165) is 29.5 Å². The van der Waals surface area contributed by atoms with Crippen LogP contribution in [0, 0.1) is 13.8 Å². The molecule has 0 saturated carbocycles. The van der Waals surface area contributed by atoms with Crippen LogP contribution in [0.15, 0.2) is 12.1 Å². The summed E-state index contributed by atoms with van der Waals surface area (Å²) in [6, 6.07) is 1.76. The molecule has 29 heavy (non-hydrogen) atoms. The van der Waals surface area contributed by atoms with Crippen LogP contribution in [-0.2, 0) is 25.5 Å². The molecular formula is C21H33N3O5. The van der Waals surface area contributed by atoms with E-state index in [4.69, 9.17) is 5.73 Å². The molecule has 0 aliphatic carbocycles. The number of rotatable bonds is 11. The predicted molar refractivity (Wildman–Crippen MR) is 110 cm³/mol. The zero-order valence-electron chi connectivity index (χ0n) is 17.7. The Bertz CT molecular complexity index is 697. The molecule has 5 N–H and O–H groups in total. The SMILES string of the molecule is COC(=O)CCCCCNC(=O)[C@@H](C)NC(=O)C(N)Cc1c(C)cc(O)cc1C. The highest BCUT2D eigenvalue weighted by atomic mass is 16.5. The van der Waals surface area contributed by atoms with Gasteiger partial charge in [0.1, 0.15) is 11.8 Å². The van der Waals surface area contributed by atoms with Crippen molar-refractivity contribution in [1.29, 1.82) is 0 Å².